The zero-order chi connectivity index (χ0) is 27.1. The Balaban J connectivity index is 1.33. The molecule has 0 atom stereocenters. The number of ether oxygens (including phenoxy) is 2. The van der Waals surface area contributed by atoms with Crippen LogP contribution < -0.4 is 25.0 Å². The number of carbonyl (C=O) groups excluding carboxylic acids is 2. The van der Waals surface area contributed by atoms with E-state index in [1.807, 2.05) is 42.2 Å². The molecule has 1 saturated heterocycles. The maximum atomic E-state index is 13.0. The second kappa shape index (κ2) is 12.5. The van der Waals surface area contributed by atoms with E-state index in [-0.39, 0.29) is 11.9 Å². The molecule has 1 aliphatic heterocycles. The maximum absolute atomic E-state index is 13.0. The minimum atomic E-state index is -0.203. The molecule has 1 aromatic heterocycles. The van der Waals surface area contributed by atoms with Crippen molar-refractivity contribution in [3.05, 3.63) is 76.4 Å². The molecule has 10 heteroatoms. The molecule has 4 rings (SSSR count). The Bertz CT molecular complexity index is 1290. The summed E-state index contributed by atoms with van der Waals surface area (Å²) in [6.07, 6.45) is 2.31. The SMILES string of the molecule is COc1ccc(CCNC(=O)c2cccnc2N2CCN(C(=O)Nc3cc(C)ccc3Cl)CC2)cc1OC. The number of benzene rings is 2. The molecular weight excluding hydrogens is 506 g/mol. The van der Waals surface area contributed by atoms with Crippen molar-refractivity contribution in [2.45, 2.75) is 13.3 Å². The molecule has 0 spiro atoms. The lowest BCUT2D eigenvalue weighted by Gasteiger charge is -2.36. The molecule has 2 N–H and O–H groups in total. The minimum absolute atomic E-state index is 0.192. The van der Waals surface area contributed by atoms with Gasteiger partial charge < -0.3 is 29.9 Å². The van der Waals surface area contributed by atoms with Gasteiger partial charge in [0.2, 0.25) is 0 Å². The monoisotopic (exact) mass is 537 g/mol. The molecule has 0 aliphatic carbocycles. The fraction of sp³-hybridized carbons (Fsp3) is 0.321. The topological polar surface area (TPSA) is 96.0 Å². The summed E-state index contributed by atoms with van der Waals surface area (Å²) >= 11 is 6.23. The zero-order valence-electron chi connectivity index (χ0n) is 21.8. The molecule has 1 aliphatic rings. The number of rotatable bonds is 8. The van der Waals surface area contributed by atoms with Crippen LogP contribution in [0, 0.1) is 6.92 Å². The minimum Gasteiger partial charge on any atom is -0.493 e. The molecule has 0 bridgehead atoms. The van der Waals surface area contributed by atoms with Gasteiger partial charge in [-0.1, -0.05) is 23.7 Å². The van der Waals surface area contributed by atoms with Crippen LogP contribution >= 0.6 is 11.6 Å². The molecule has 0 saturated carbocycles. The van der Waals surface area contributed by atoms with E-state index in [1.165, 1.54) is 0 Å². The average Bonchev–Trinajstić information content (AvgIpc) is 2.94. The summed E-state index contributed by atoms with van der Waals surface area (Å²) < 4.78 is 10.6. The van der Waals surface area contributed by atoms with Gasteiger partial charge in [-0.2, -0.15) is 0 Å². The normalized spacial score (nSPS) is 13.2. The fourth-order valence-corrected chi connectivity index (χ4v) is 4.49. The first kappa shape index (κ1) is 27.1. The number of aromatic nitrogens is 1. The predicted molar refractivity (Wildman–Crippen MR) is 149 cm³/mol. The number of anilines is 2. The summed E-state index contributed by atoms with van der Waals surface area (Å²) in [6, 6.07) is 14.5. The third-order valence-electron chi connectivity index (χ3n) is 6.41. The number of piperazine rings is 1. The Kier molecular flexibility index (Phi) is 8.91. The van der Waals surface area contributed by atoms with E-state index in [2.05, 4.69) is 15.6 Å². The highest BCUT2D eigenvalue weighted by Crippen LogP contribution is 2.28. The van der Waals surface area contributed by atoms with Crippen LogP contribution in [0.15, 0.2) is 54.7 Å². The van der Waals surface area contributed by atoms with Gasteiger partial charge >= 0.3 is 6.03 Å². The van der Waals surface area contributed by atoms with Crippen molar-refractivity contribution in [1.82, 2.24) is 15.2 Å². The highest BCUT2D eigenvalue weighted by molar-refractivity contribution is 6.33. The molecule has 0 unspecified atom stereocenters. The molecule has 200 valence electrons. The van der Waals surface area contributed by atoms with Crippen LogP contribution in [0.4, 0.5) is 16.3 Å². The number of aryl methyl sites for hydroxylation is 1. The van der Waals surface area contributed by atoms with Crippen molar-refractivity contribution in [3.63, 3.8) is 0 Å². The number of urea groups is 1. The van der Waals surface area contributed by atoms with Crippen molar-refractivity contribution < 1.29 is 19.1 Å². The third kappa shape index (κ3) is 6.47. The van der Waals surface area contributed by atoms with Crippen molar-refractivity contribution in [3.8, 4) is 11.5 Å². The second-order valence-corrected chi connectivity index (χ2v) is 9.36. The second-order valence-electron chi connectivity index (χ2n) is 8.96. The Morgan fingerprint density at radius 1 is 1.00 bits per heavy atom. The van der Waals surface area contributed by atoms with Gasteiger partial charge in [0.25, 0.3) is 5.91 Å². The number of hydrogen-bond acceptors (Lipinski definition) is 6. The van der Waals surface area contributed by atoms with Crippen LogP contribution in [0.2, 0.25) is 5.02 Å². The van der Waals surface area contributed by atoms with E-state index in [1.54, 1.807) is 43.5 Å². The van der Waals surface area contributed by atoms with Crippen molar-refractivity contribution in [2.75, 3.05) is 57.2 Å². The van der Waals surface area contributed by atoms with E-state index in [0.29, 0.717) is 72.7 Å². The summed E-state index contributed by atoms with van der Waals surface area (Å²) in [6.45, 7) is 4.49. The maximum Gasteiger partial charge on any atom is 0.322 e. The molecule has 0 radical (unpaired) electrons. The standard InChI is InChI=1S/C28H32ClN5O4/c1-19-6-8-22(29)23(17-19)32-28(36)34-15-13-33(14-16-34)26-21(5-4-11-30-26)27(35)31-12-10-20-7-9-24(37-2)25(18-20)38-3/h4-9,11,17-18H,10,12-16H2,1-3H3,(H,31,35)(H,32,36). The van der Waals surface area contributed by atoms with Crippen molar-refractivity contribution in [2.24, 2.45) is 0 Å². The molecule has 1 fully saturated rings. The first-order chi connectivity index (χ1) is 18.4. The Labute approximate surface area is 227 Å². The number of nitrogens with zero attached hydrogens (tertiary/aromatic N) is 3. The zero-order valence-corrected chi connectivity index (χ0v) is 22.5. The number of pyridine rings is 1. The highest BCUT2D eigenvalue weighted by Gasteiger charge is 2.25. The largest absolute Gasteiger partial charge is 0.493 e. The van der Waals surface area contributed by atoms with Gasteiger partial charge in [0.1, 0.15) is 5.82 Å². The van der Waals surface area contributed by atoms with E-state index in [9.17, 15) is 9.59 Å². The lowest BCUT2D eigenvalue weighted by Crippen LogP contribution is -2.50. The van der Waals surface area contributed by atoms with Crippen molar-refractivity contribution >= 4 is 35.0 Å². The smallest absolute Gasteiger partial charge is 0.322 e. The lowest BCUT2D eigenvalue weighted by atomic mass is 10.1. The Morgan fingerprint density at radius 3 is 2.50 bits per heavy atom. The van der Waals surface area contributed by atoms with Gasteiger partial charge in [0.15, 0.2) is 11.5 Å². The number of hydrogen-bond donors (Lipinski definition) is 2. The summed E-state index contributed by atoms with van der Waals surface area (Å²) in [4.78, 5) is 34.1. The van der Waals surface area contributed by atoms with Gasteiger partial charge in [-0.25, -0.2) is 9.78 Å². The van der Waals surface area contributed by atoms with Gasteiger partial charge in [-0.15, -0.1) is 0 Å². The summed E-state index contributed by atoms with van der Waals surface area (Å²) in [5.74, 6) is 1.73. The number of nitrogens with one attached hydrogen (secondary N) is 2. The first-order valence-electron chi connectivity index (χ1n) is 12.4. The quantitative estimate of drug-likeness (QED) is 0.442. The van der Waals surface area contributed by atoms with Crippen LogP contribution in [0.25, 0.3) is 0 Å². The molecule has 3 amide bonds. The van der Waals surface area contributed by atoms with Gasteiger partial charge in [-0.3, -0.25) is 4.79 Å². The Hall–Kier alpha value is -3.98. The molecule has 38 heavy (non-hydrogen) atoms. The summed E-state index contributed by atoms with van der Waals surface area (Å²) in [7, 11) is 3.19. The molecule has 3 aromatic rings. The van der Waals surface area contributed by atoms with Crippen LogP contribution in [0.3, 0.4) is 0 Å². The number of amides is 3. The van der Waals surface area contributed by atoms with Gasteiger partial charge in [-0.05, 0) is 60.9 Å². The molecule has 2 aromatic carbocycles. The lowest BCUT2D eigenvalue weighted by molar-refractivity contribution is 0.0954. The highest BCUT2D eigenvalue weighted by atomic mass is 35.5. The Morgan fingerprint density at radius 2 is 1.76 bits per heavy atom. The van der Waals surface area contributed by atoms with Crippen LogP contribution in [0.5, 0.6) is 11.5 Å². The molecule has 9 nitrogen and oxygen atoms in total. The van der Waals surface area contributed by atoms with Crippen LogP contribution in [-0.2, 0) is 6.42 Å². The van der Waals surface area contributed by atoms with Crippen molar-refractivity contribution in [1.29, 1.82) is 0 Å². The number of carbonyl (C=O) groups is 2. The average molecular weight is 538 g/mol. The molecule has 2 heterocycles. The van der Waals surface area contributed by atoms with Crippen LogP contribution in [-0.4, -0.2) is 68.8 Å². The van der Waals surface area contributed by atoms with E-state index in [0.717, 1.165) is 11.1 Å². The van der Waals surface area contributed by atoms with Gasteiger partial charge in [0, 0.05) is 38.9 Å². The predicted octanol–water partition coefficient (Wildman–Crippen LogP) is 4.39. The number of methoxy groups -OCH3 is 2. The number of halogens is 1. The van der Waals surface area contributed by atoms with E-state index >= 15 is 0 Å². The summed E-state index contributed by atoms with van der Waals surface area (Å²) in [5, 5.41) is 6.39. The summed E-state index contributed by atoms with van der Waals surface area (Å²) in [5.41, 5.74) is 3.13. The third-order valence-corrected chi connectivity index (χ3v) is 6.74. The van der Waals surface area contributed by atoms with Crippen LogP contribution in [0.1, 0.15) is 21.5 Å². The first-order valence-corrected chi connectivity index (χ1v) is 12.8. The van der Waals surface area contributed by atoms with E-state index in [4.69, 9.17) is 21.1 Å². The fourth-order valence-electron chi connectivity index (χ4n) is 4.33. The van der Waals surface area contributed by atoms with Gasteiger partial charge in [0.05, 0.1) is 30.5 Å². The van der Waals surface area contributed by atoms with E-state index < -0.39 is 0 Å². The molecular formula is C28H32ClN5O4.